The van der Waals surface area contributed by atoms with Crippen LogP contribution in [0.2, 0.25) is 0 Å². The summed E-state index contributed by atoms with van der Waals surface area (Å²) in [6.07, 6.45) is 8.72. The first-order chi connectivity index (χ1) is 16.8. The fourth-order valence-corrected chi connectivity index (χ4v) is 7.67. The van der Waals surface area contributed by atoms with Gasteiger partial charge in [-0.2, -0.15) is 0 Å². The van der Waals surface area contributed by atoms with E-state index in [0.717, 1.165) is 43.5 Å². The zero-order chi connectivity index (χ0) is 24.4. The Labute approximate surface area is 207 Å². The molecule has 2 fully saturated rings. The number of H-pyrrole nitrogens is 1. The van der Waals surface area contributed by atoms with E-state index in [9.17, 15) is 14.7 Å². The largest absolute Gasteiger partial charge is 0.387 e. The van der Waals surface area contributed by atoms with Crippen LogP contribution in [0.1, 0.15) is 76.8 Å². The van der Waals surface area contributed by atoms with Gasteiger partial charge in [0.05, 0.1) is 5.60 Å². The number of fused-ring (bicyclic) bond motifs is 2. The molecule has 1 aliphatic heterocycles. The van der Waals surface area contributed by atoms with Crippen LogP contribution in [-0.4, -0.2) is 52.7 Å². The molecule has 6 heteroatoms. The molecule has 1 saturated carbocycles. The monoisotopic (exact) mass is 475 g/mol. The molecule has 3 N–H and O–H groups in total. The molecule has 2 aromatic rings. The van der Waals surface area contributed by atoms with E-state index in [4.69, 9.17) is 0 Å². The van der Waals surface area contributed by atoms with Crippen LogP contribution in [0.25, 0.3) is 0 Å². The van der Waals surface area contributed by atoms with Crippen LogP contribution in [0, 0.1) is 12.8 Å². The fraction of sp³-hybridized carbons (Fsp3) is 0.586. The highest BCUT2D eigenvalue weighted by molar-refractivity contribution is 5.94. The first kappa shape index (κ1) is 23.0. The summed E-state index contributed by atoms with van der Waals surface area (Å²) in [6.45, 7) is 3.65. The molecule has 1 amide bonds. The van der Waals surface area contributed by atoms with Gasteiger partial charge in [0.25, 0.3) is 11.5 Å². The molecule has 3 atom stereocenters. The molecule has 2 heterocycles. The van der Waals surface area contributed by atoms with E-state index in [1.165, 1.54) is 36.0 Å². The van der Waals surface area contributed by atoms with Gasteiger partial charge in [0.1, 0.15) is 5.56 Å². The molecule has 0 unspecified atom stereocenters. The number of nitrogens with one attached hydrogen (secondary N) is 2. The van der Waals surface area contributed by atoms with E-state index in [-0.39, 0.29) is 23.1 Å². The van der Waals surface area contributed by atoms with Crippen LogP contribution >= 0.6 is 0 Å². The average molecular weight is 476 g/mol. The van der Waals surface area contributed by atoms with Crippen LogP contribution in [0.3, 0.4) is 0 Å². The van der Waals surface area contributed by atoms with Gasteiger partial charge in [-0.15, -0.1) is 0 Å². The predicted octanol–water partition coefficient (Wildman–Crippen LogP) is 3.02. The highest BCUT2D eigenvalue weighted by atomic mass is 16.3. The third-order valence-corrected chi connectivity index (χ3v) is 9.67. The van der Waals surface area contributed by atoms with Gasteiger partial charge in [-0.05, 0) is 74.9 Å². The first-order valence-corrected chi connectivity index (χ1v) is 13.4. The van der Waals surface area contributed by atoms with Crippen LogP contribution in [0.4, 0.5) is 0 Å². The molecule has 1 aromatic carbocycles. The van der Waals surface area contributed by atoms with Gasteiger partial charge in [0, 0.05) is 36.5 Å². The number of benzene rings is 1. The maximum absolute atomic E-state index is 13.1. The first-order valence-electron chi connectivity index (χ1n) is 13.4. The van der Waals surface area contributed by atoms with Gasteiger partial charge in [0.2, 0.25) is 0 Å². The molecule has 6 nitrogen and oxygen atoms in total. The van der Waals surface area contributed by atoms with Crippen LogP contribution in [0.5, 0.6) is 0 Å². The highest BCUT2D eigenvalue weighted by Gasteiger charge is 2.64. The number of carbonyl (C=O) groups is 1. The molecule has 35 heavy (non-hydrogen) atoms. The third kappa shape index (κ3) is 3.52. The van der Waals surface area contributed by atoms with Crippen LogP contribution in [0.15, 0.2) is 29.1 Å². The summed E-state index contributed by atoms with van der Waals surface area (Å²) in [7, 11) is 2.11. The van der Waals surface area contributed by atoms with Crippen LogP contribution < -0.4 is 10.9 Å². The van der Waals surface area contributed by atoms with E-state index in [1.807, 2.05) is 0 Å². The van der Waals surface area contributed by atoms with Crippen molar-refractivity contribution in [3.63, 3.8) is 0 Å². The summed E-state index contributed by atoms with van der Waals surface area (Å²) in [4.78, 5) is 31.4. The van der Waals surface area contributed by atoms with Gasteiger partial charge in [0.15, 0.2) is 0 Å². The second-order valence-electron chi connectivity index (χ2n) is 11.7. The minimum Gasteiger partial charge on any atom is -0.387 e. The lowest BCUT2D eigenvalue weighted by molar-refractivity contribution is -0.145. The lowest BCUT2D eigenvalue weighted by Crippen LogP contribution is -2.73. The van der Waals surface area contributed by atoms with E-state index >= 15 is 0 Å². The Morgan fingerprint density at radius 1 is 1.17 bits per heavy atom. The number of nitrogens with zero attached hydrogens (tertiary/aromatic N) is 1. The normalized spacial score (nSPS) is 30.2. The van der Waals surface area contributed by atoms with Gasteiger partial charge >= 0.3 is 0 Å². The van der Waals surface area contributed by atoms with E-state index in [1.54, 1.807) is 6.07 Å². The zero-order valence-electron chi connectivity index (χ0n) is 21.0. The fourth-order valence-electron chi connectivity index (χ4n) is 7.67. The number of carbonyl (C=O) groups excluding carboxylic acids is 1. The Hall–Kier alpha value is -2.44. The number of rotatable bonds is 3. The van der Waals surface area contributed by atoms with E-state index < -0.39 is 11.0 Å². The SMILES string of the molecule is Cc1ccc2c(c1)[C@]13CCN(C)[C@H](C2)[C@]1(O)Cc1cc(C(=O)NCC2CCCCC2)c(=O)[nH]c1C3. The molecular formula is C29H37N3O3. The Kier molecular flexibility index (Phi) is 5.46. The molecule has 6 rings (SSSR count). The average Bonchev–Trinajstić information content (AvgIpc) is 2.84. The smallest absolute Gasteiger partial charge is 0.261 e. The Morgan fingerprint density at radius 2 is 1.97 bits per heavy atom. The number of aliphatic hydroxyl groups is 1. The summed E-state index contributed by atoms with van der Waals surface area (Å²) in [5.74, 6) is 0.208. The van der Waals surface area contributed by atoms with Crippen molar-refractivity contribution in [1.29, 1.82) is 0 Å². The Morgan fingerprint density at radius 3 is 2.77 bits per heavy atom. The van der Waals surface area contributed by atoms with E-state index in [2.05, 4.69) is 47.4 Å². The predicted molar refractivity (Wildman–Crippen MR) is 136 cm³/mol. The van der Waals surface area contributed by atoms with Gasteiger partial charge < -0.3 is 20.3 Å². The quantitative estimate of drug-likeness (QED) is 0.637. The topological polar surface area (TPSA) is 85.4 Å². The maximum atomic E-state index is 13.1. The van der Waals surface area contributed by atoms with Crippen molar-refractivity contribution in [3.05, 3.63) is 68.1 Å². The number of hydrogen-bond donors (Lipinski definition) is 3. The van der Waals surface area contributed by atoms with Gasteiger partial charge in [-0.3, -0.25) is 9.59 Å². The molecule has 2 bridgehead atoms. The number of aromatic nitrogens is 1. The lowest BCUT2D eigenvalue weighted by Gasteiger charge is -2.63. The second-order valence-corrected chi connectivity index (χ2v) is 11.7. The summed E-state index contributed by atoms with van der Waals surface area (Å²) in [6, 6.07) is 8.40. The summed E-state index contributed by atoms with van der Waals surface area (Å²) >= 11 is 0. The van der Waals surface area contributed by atoms with Crippen molar-refractivity contribution in [2.24, 2.45) is 5.92 Å². The number of hydrogen-bond acceptors (Lipinski definition) is 4. The number of aryl methyl sites for hydroxylation is 1. The minimum atomic E-state index is -0.943. The molecule has 1 saturated heterocycles. The molecule has 3 aliphatic carbocycles. The zero-order valence-corrected chi connectivity index (χ0v) is 21.0. The standard InChI is InChI=1S/C29H37N3O3/c1-18-8-9-20-14-25-29(35)15-21-13-22(26(33)30-17-19-6-4-3-5-7-19)27(34)31-24(21)16-28(29,23(20)12-18)10-11-32(25)2/h8-9,12-13,19,25,35H,3-7,10-11,14-17H2,1-2H3,(H,30,33)(H,31,34)/t25-,28-,29-/m1/s1. The molecule has 0 radical (unpaired) electrons. The lowest BCUT2D eigenvalue weighted by atomic mass is 9.49. The van der Waals surface area contributed by atoms with Crippen molar-refractivity contribution >= 4 is 5.91 Å². The molecule has 4 aliphatic rings. The minimum absolute atomic E-state index is 0.00936. The van der Waals surface area contributed by atoms with Crippen LogP contribution in [-0.2, 0) is 24.7 Å². The summed E-state index contributed by atoms with van der Waals surface area (Å²) in [5.41, 5.74) is 4.00. The number of pyridine rings is 1. The third-order valence-electron chi connectivity index (χ3n) is 9.67. The number of piperidine rings is 1. The Balaban J connectivity index is 1.36. The van der Waals surface area contributed by atoms with E-state index in [0.29, 0.717) is 25.3 Å². The Bertz CT molecular complexity index is 1230. The summed E-state index contributed by atoms with van der Waals surface area (Å²) < 4.78 is 0. The second kappa shape index (κ2) is 8.31. The highest BCUT2D eigenvalue weighted by Crippen LogP contribution is 2.56. The van der Waals surface area contributed by atoms with Crippen molar-refractivity contribution in [3.8, 4) is 0 Å². The van der Waals surface area contributed by atoms with Gasteiger partial charge in [-0.1, -0.05) is 43.0 Å². The molecular weight excluding hydrogens is 438 g/mol. The maximum Gasteiger partial charge on any atom is 0.261 e. The number of likely N-dealkylation sites (tertiary alicyclic amines) is 1. The summed E-state index contributed by atoms with van der Waals surface area (Å²) in [5, 5.41) is 15.5. The number of likely N-dealkylation sites (N-methyl/N-ethyl adjacent to an activating group) is 1. The van der Waals surface area contributed by atoms with Crippen molar-refractivity contribution in [1.82, 2.24) is 15.2 Å². The van der Waals surface area contributed by atoms with Crippen molar-refractivity contribution in [2.75, 3.05) is 20.1 Å². The molecule has 186 valence electrons. The number of aromatic amines is 1. The van der Waals surface area contributed by atoms with Crippen molar-refractivity contribution in [2.45, 2.75) is 81.8 Å². The van der Waals surface area contributed by atoms with Crippen molar-refractivity contribution < 1.29 is 9.90 Å². The number of amides is 1. The molecule has 1 aromatic heterocycles. The molecule has 0 spiro atoms. The van der Waals surface area contributed by atoms with Gasteiger partial charge in [-0.25, -0.2) is 0 Å².